The Kier molecular flexibility index (Phi) is 5.75. The summed E-state index contributed by atoms with van der Waals surface area (Å²) in [6, 6.07) is 17.7. The molecule has 0 bridgehead atoms. The highest BCUT2D eigenvalue weighted by Gasteiger charge is 2.17. The number of ketones is 1. The van der Waals surface area contributed by atoms with Crippen molar-refractivity contribution in [3.8, 4) is 22.6 Å². The molecule has 0 amide bonds. The minimum Gasteiger partial charge on any atom is -0.456 e. The zero-order chi connectivity index (χ0) is 22.0. The number of halogens is 2. The third kappa shape index (κ3) is 4.45. The van der Waals surface area contributed by atoms with E-state index in [0.717, 1.165) is 0 Å². The predicted octanol–water partition coefficient (Wildman–Crippen LogP) is 7.32. The molecule has 8 heteroatoms. The molecular formula is C23H13Cl2NO5. The molecule has 2 aromatic heterocycles. The molecule has 0 fully saturated rings. The second-order valence-corrected chi connectivity index (χ2v) is 7.31. The van der Waals surface area contributed by atoms with E-state index in [4.69, 9.17) is 32.0 Å². The van der Waals surface area contributed by atoms with Crippen LogP contribution in [0.5, 0.6) is 0 Å². The van der Waals surface area contributed by atoms with E-state index in [0.29, 0.717) is 38.5 Å². The Morgan fingerprint density at radius 3 is 2.42 bits per heavy atom. The van der Waals surface area contributed by atoms with Gasteiger partial charge in [0.2, 0.25) is 5.78 Å². The molecule has 6 nitrogen and oxygen atoms in total. The average Bonchev–Trinajstić information content (AvgIpc) is 3.42. The molecule has 2 aromatic carbocycles. The van der Waals surface area contributed by atoms with Gasteiger partial charge in [-0.2, -0.15) is 0 Å². The molecule has 0 saturated carbocycles. The highest BCUT2D eigenvalue weighted by atomic mass is 35.5. The number of furan rings is 2. The van der Waals surface area contributed by atoms with Crippen LogP contribution < -0.4 is 0 Å². The summed E-state index contributed by atoms with van der Waals surface area (Å²) in [5.41, 5.74) is 0.913. The molecule has 2 heterocycles. The second-order valence-electron chi connectivity index (χ2n) is 6.46. The number of hydrogen-bond donors (Lipinski definition) is 0. The lowest BCUT2D eigenvalue weighted by atomic mass is 10.1. The van der Waals surface area contributed by atoms with Gasteiger partial charge < -0.3 is 8.83 Å². The summed E-state index contributed by atoms with van der Waals surface area (Å²) in [7, 11) is 0. The summed E-state index contributed by atoms with van der Waals surface area (Å²) in [4.78, 5) is 23.2. The number of nitro benzene ring substituents is 1. The monoisotopic (exact) mass is 453 g/mol. The van der Waals surface area contributed by atoms with Gasteiger partial charge in [-0.3, -0.25) is 14.9 Å². The SMILES string of the molecule is O=C(C=Cc1ccc(-c2ccccc2[N+](=O)[O-])o1)c1ccc(-c2ccc(Cl)cc2Cl)o1. The van der Waals surface area contributed by atoms with E-state index in [1.807, 2.05) is 0 Å². The number of carbonyl (C=O) groups is 1. The van der Waals surface area contributed by atoms with Crippen molar-refractivity contribution in [1.29, 1.82) is 0 Å². The van der Waals surface area contributed by atoms with E-state index in [1.165, 1.54) is 18.2 Å². The van der Waals surface area contributed by atoms with Crippen LogP contribution in [0.3, 0.4) is 0 Å². The fourth-order valence-corrected chi connectivity index (χ4v) is 3.47. The van der Waals surface area contributed by atoms with Crippen LogP contribution in [0, 0.1) is 10.1 Å². The Bertz CT molecular complexity index is 1320. The van der Waals surface area contributed by atoms with E-state index in [1.54, 1.807) is 60.7 Å². The fourth-order valence-electron chi connectivity index (χ4n) is 2.97. The Hall–Kier alpha value is -3.61. The average molecular weight is 454 g/mol. The van der Waals surface area contributed by atoms with E-state index >= 15 is 0 Å². The van der Waals surface area contributed by atoms with Crippen LogP contribution in [-0.4, -0.2) is 10.7 Å². The molecule has 0 radical (unpaired) electrons. The van der Waals surface area contributed by atoms with E-state index < -0.39 is 4.92 Å². The highest BCUT2D eigenvalue weighted by Crippen LogP contribution is 2.33. The molecule has 0 saturated heterocycles. The molecule has 4 aromatic rings. The van der Waals surface area contributed by atoms with E-state index in [2.05, 4.69) is 0 Å². The van der Waals surface area contributed by atoms with Crippen molar-refractivity contribution >= 4 is 40.7 Å². The standard InChI is InChI=1S/C23H13Cl2NO5/c24-14-5-8-16(18(25)13-14)21-11-12-23(31-21)20(27)9-6-15-7-10-22(30-15)17-3-1-2-4-19(17)26(28)29/h1-13H. The van der Waals surface area contributed by atoms with Gasteiger partial charge in [-0.1, -0.05) is 35.3 Å². The first kappa shape index (κ1) is 20.7. The Morgan fingerprint density at radius 1 is 0.903 bits per heavy atom. The third-order valence-corrected chi connectivity index (χ3v) is 4.99. The zero-order valence-corrected chi connectivity index (χ0v) is 17.3. The molecule has 4 rings (SSSR count). The third-order valence-electron chi connectivity index (χ3n) is 4.44. The van der Waals surface area contributed by atoms with Gasteiger partial charge in [0, 0.05) is 16.7 Å². The van der Waals surface area contributed by atoms with Gasteiger partial charge in [0.15, 0.2) is 5.76 Å². The molecule has 154 valence electrons. The fraction of sp³-hybridized carbons (Fsp3) is 0. The number of para-hydroxylation sites is 1. The molecular weight excluding hydrogens is 441 g/mol. The summed E-state index contributed by atoms with van der Waals surface area (Å²) < 4.78 is 11.3. The maximum atomic E-state index is 12.5. The lowest BCUT2D eigenvalue weighted by Crippen LogP contribution is -1.90. The topological polar surface area (TPSA) is 86.5 Å². The first-order valence-electron chi connectivity index (χ1n) is 9.03. The van der Waals surface area contributed by atoms with Gasteiger partial charge in [-0.05, 0) is 60.7 Å². The summed E-state index contributed by atoms with van der Waals surface area (Å²) in [6.45, 7) is 0. The lowest BCUT2D eigenvalue weighted by molar-refractivity contribution is -0.384. The van der Waals surface area contributed by atoms with Crippen LogP contribution in [-0.2, 0) is 0 Å². The normalized spacial score (nSPS) is 11.2. The van der Waals surface area contributed by atoms with Crippen molar-refractivity contribution in [2.45, 2.75) is 0 Å². The summed E-state index contributed by atoms with van der Waals surface area (Å²) >= 11 is 12.1. The minimum absolute atomic E-state index is 0.0626. The largest absolute Gasteiger partial charge is 0.456 e. The van der Waals surface area contributed by atoms with Crippen molar-refractivity contribution in [1.82, 2.24) is 0 Å². The van der Waals surface area contributed by atoms with Gasteiger partial charge in [-0.15, -0.1) is 0 Å². The summed E-state index contributed by atoms with van der Waals surface area (Å²) in [6.07, 6.45) is 2.77. The quantitative estimate of drug-likeness (QED) is 0.132. The van der Waals surface area contributed by atoms with Crippen LogP contribution in [0.15, 0.2) is 81.6 Å². The number of hydrogen-bond acceptors (Lipinski definition) is 5. The van der Waals surface area contributed by atoms with E-state index in [9.17, 15) is 14.9 Å². The van der Waals surface area contributed by atoms with Crippen molar-refractivity contribution < 1.29 is 18.6 Å². The van der Waals surface area contributed by atoms with Gasteiger partial charge >= 0.3 is 0 Å². The smallest absolute Gasteiger partial charge is 0.280 e. The Labute approximate surface area is 186 Å². The predicted molar refractivity (Wildman–Crippen MR) is 118 cm³/mol. The first-order chi connectivity index (χ1) is 14.9. The lowest BCUT2D eigenvalue weighted by Gasteiger charge is -2.00. The summed E-state index contributed by atoms with van der Waals surface area (Å²) in [5.74, 6) is 0.893. The van der Waals surface area contributed by atoms with Crippen molar-refractivity contribution in [3.05, 3.63) is 104 Å². The number of allylic oxidation sites excluding steroid dienone is 1. The number of nitrogens with zero attached hydrogens (tertiary/aromatic N) is 1. The van der Waals surface area contributed by atoms with Crippen LogP contribution >= 0.6 is 23.2 Å². The molecule has 0 N–H and O–H groups in total. The second kappa shape index (κ2) is 8.63. The first-order valence-corrected chi connectivity index (χ1v) is 9.79. The number of carbonyl (C=O) groups excluding carboxylic acids is 1. The molecule has 0 spiro atoms. The van der Waals surface area contributed by atoms with Crippen LogP contribution in [0.25, 0.3) is 28.7 Å². The molecule has 0 aliphatic heterocycles. The van der Waals surface area contributed by atoms with Crippen molar-refractivity contribution in [2.24, 2.45) is 0 Å². The molecule has 0 aliphatic rings. The number of benzene rings is 2. The Morgan fingerprint density at radius 2 is 1.65 bits per heavy atom. The maximum absolute atomic E-state index is 12.5. The van der Waals surface area contributed by atoms with Crippen LogP contribution in [0.2, 0.25) is 10.0 Å². The van der Waals surface area contributed by atoms with Crippen molar-refractivity contribution in [2.75, 3.05) is 0 Å². The summed E-state index contributed by atoms with van der Waals surface area (Å²) in [5, 5.41) is 12.1. The highest BCUT2D eigenvalue weighted by molar-refractivity contribution is 6.36. The molecule has 31 heavy (non-hydrogen) atoms. The molecule has 0 unspecified atom stereocenters. The molecule has 0 aliphatic carbocycles. The Balaban J connectivity index is 1.52. The zero-order valence-electron chi connectivity index (χ0n) is 15.7. The van der Waals surface area contributed by atoms with Gasteiger partial charge in [0.25, 0.3) is 5.69 Å². The van der Waals surface area contributed by atoms with Gasteiger partial charge in [-0.25, -0.2) is 0 Å². The maximum Gasteiger partial charge on any atom is 0.280 e. The van der Waals surface area contributed by atoms with Crippen LogP contribution in [0.1, 0.15) is 16.3 Å². The van der Waals surface area contributed by atoms with Gasteiger partial charge in [0.1, 0.15) is 17.3 Å². The van der Waals surface area contributed by atoms with Crippen molar-refractivity contribution in [3.63, 3.8) is 0 Å². The van der Waals surface area contributed by atoms with Gasteiger partial charge in [0.05, 0.1) is 15.5 Å². The number of rotatable bonds is 6. The molecule has 0 atom stereocenters. The van der Waals surface area contributed by atoms with E-state index in [-0.39, 0.29) is 17.2 Å². The number of nitro groups is 1. The van der Waals surface area contributed by atoms with Crippen LogP contribution in [0.4, 0.5) is 5.69 Å². The minimum atomic E-state index is -0.474.